The van der Waals surface area contributed by atoms with E-state index in [4.69, 9.17) is 5.26 Å². The van der Waals surface area contributed by atoms with Crippen molar-refractivity contribution >= 4 is 15.9 Å². The smallest absolute Gasteiger partial charge is 0.210 e. The Balaban J connectivity index is 2.72. The van der Waals surface area contributed by atoms with Crippen molar-refractivity contribution in [2.24, 2.45) is 0 Å². The molecule has 8 heteroatoms. The summed E-state index contributed by atoms with van der Waals surface area (Å²) in [4.78, 5) is 13.2. The van der Waals surface area contributed by atoms with Gasteiger partial charge in [-0.1, -0.05) is 0 Å². The van der Waals surface area contributed by atoms with Crippen LogP contribution in [0, 0.1) is 29.7 Å². The largest absolute Gasteiger partial charge is 0.309 e. The average molecular weight is 297 g/mol. The Bertz CT molecular complexity index is 625. The van der Waals surface area contributed by atoms with Crippen LogP contribution in [0.3, 0.4) is 0 Å². The molecule has 2 rings (SSSR count). The van der Waals surface area contributed by atoms with Crippen LogP contribution in [0.25, 0.3) is 11.4 Å². The highest BCUT2D eigenvalue weighted by Gasteiger charge is 2.15. The van der Waals surface area contributed by atoms with Gasteiger partial charge >= 0.3 is 12.2 Å². The Kier molecular flexibility index (Phi) is 3.01. The molecule has 2 aromatic heterocycles. The number of nitrogens with zero attached hydrogens (tertiary/aromatic N) is 5. The summed E-state index contributed by atoms with van der Waals surface area (Å²) in [6.45, 7) is 0. The maximum atomic E-state index is 12.9. The molecule has 17 heavy (non-hydrogen) atoms. The van der Waals surface area contributed by atoms with Gasteiger partial charge in [0.05, 0.1) is 4.47 Å². The zero-order valence-electron chi connectivity index (χ0n) is 7.95. The second-order valence-electron chi connectivity index (χ2n) is 2.78. The van der Waals surface area contributed by atoms with Crippen molar-refractivity contribution in [3.63, 3.8) is 0 Å². The standard InChI is InChI=1S/C9HBrF2N5/c10-5-3-15-9(12)17-7(5)6-4(1-13)2-14-8(11)16-6/h3H. The molecule has 0 amide bonds. The van der Waals surface area contributed by atoms with Crippen LogP contribution in [-0.4, -0.2) is 19.9 Å². The predicted molar refractivity (Wildman–Crippen MR) is 54.2 cm³/mol. The first kappa shape index (κ1) is 11.5. The maximum absolute atomic E-state index is 12.9. The van der Waals surface area contributed by atoms with E-state index in [2.05, 4.69) is 42.1 Å². The SMILES string of the molecule is N#Cc1[c]nc(F)nc1-c1nc(F)ncc1Br. The summed E-state index contributed by atoms with van der Waals surface area (Å²) in [7, 11) is 0. The Morgan fingerprint density at radius 1 is 1.24 bits per heavy atom. The molecule has 2 heterocycles. The zero-order chi connectivity index (χ0) is 12.4. The monoisotopic (exact) mass is 296 g/mol. The van der Waals surface area contributed by atoms with Crippen molar-refractivity contribution in [3.05, 3.63) is 34.6 Å². The molecule has 0 aromatic carbocycles. The van der Waals surface area contributed by atoms with E-state index in [-0.39, 0.29) is 21.4 Å². The van der Waals surface area contributed by atoms with Crippen LogP contribution in [0.15, 0.2) is 10.7 Å². The second-order valence-corrected chi connectivity index (χ2v) is 3.63. The van der Waals surface area contributed by atoms with Gasteiger partial charge in [0.2, 0.25) is 0 Å². The van der Waals surface area contributed by atoms with E-state index < -0.39 is 12.2 Å². The van der Waals surface area contributed by atoms with E-state index in [1.54, 1.807) is 6.07 Å². The van der Waals surface area contributed by atoms with Gasteiger partial charge in [-0.2, -0.15) is 29.0 Å². The van der Waals surface area contributed by atoms with Crippen LogP contribution in [0.2, 0.25) is 0 Å². The van der Waals surface area contributed by atoms with Gasteiger partial charge in [-0.05, 0) is 15.9 Å². The number of rotatable bonds is 1. The van der Waals surface area contributed by atoms with E-state index in [0.717, 1.165) is 6.20 Å². The molecule has 0 bridgehead atoms. The Morgan fingerprint density at radius 3 is 2.65 bits per heavy atom. The number of hydrogen-bond donors (Lipinski definition) is 0. The maximum Gasteiger partial charge on any atom is 0.309 e. The summed E-state index contributed by atoms with van der Waals surface area (Å²) in [5.74, 6) is 0. The summed E-state index contributed by atoms with van der Waals surface area (Å²) >= 11 is 3.06. The molecule has 0 N–H and O–H groups in total. The molecule has 0 spiro atoms. The first-order valence-electron chi connectivity index (χ1n) is 4.15. The van der Waals surface area contributed by atoms with Crippen molar-refractivity contribution in [2.45, 2.75) is 0 Å². The highest BCUT2D eigenvalue weighted by Crippen LogP contribution is 2.25. The summed E-state index contributed by atoms with van der Waals surface area (Å²) in [5.41, 5.74) is -0.315. The van der Waals surface area contributed by atoms with Gasteiger partial charge in [-0.25, -0.2) is 4.98 Å². The number of hydrogen-bond acceptors (Lipinski definition) is 5. The molecular weight excluding hydrogens is 296 g/mol. The topological polar surface area (TPSA) is 75.3 Å². The third-order valence-electron chi connectivity index (χ3n) is 1.75. The van der Waals surface area contributed by atoms with Crippen molar-refractivity contribution in [2.75, 3.05) is 0 Å². The average Bonchev–Trinajstić information content (AvgIpc) is 2.32. The molecule has 0 saturated heterocycles. The third kappa shape index (κ3) is 2.24. The summed E-state index contributed by atoms with van der Waals surface area (Å²) < 4.78 is 26.1. The minimum Gasteiger partial charge on any atom is -0.210 e. The van der Waals surface area contributed by atoms with E-state index in [0.29, 0.717) is 0 Å². The molecule has 0 unspecified atom stereocenters. The predicted octanol–water partition coefficient (Wildman–Crippen LogP) is 1.65. The fourth-order valence-corrected chi connectivity index (χ4v) is 1.47. The lowest BCUT2D eigenvalue weighted by Crippen LogP contribution is -2.01. The van der Waals surface area contributed by atoms with Crippen molar-refractivity contribution in [3.8, 4) is 17.5 Å². The number of halogens is 3. The highest BCUT2D eigenvalue weighted by molar-refractivity contribution is 9.10. The normalized spacial score (nSPS) is 10.0. The molecule has 2 aromatic rings. The molecule has 5 nitrogen and oxygen atoms in total. The summed E-state index contributed by atoms with van der Waals surface area (Å²) in [5, 5.41) is 8.79. The van der Waals surface area contributed by atoms with Gasteiger partial charge in [0.15, 0.2) is 0 Å². The Morgan fingerprint density at radius 2 is 1.94 bits per heavy atom. The van der Waals surface area contributed by atoms with E-state index >= 15 is 0 Å². The zero-order valence-corrected chi connectivity index (χ0v) is 9.53. The van der Waals surface area contributed by atoms with Crippen LogP contribution < -0.4 is 0 Å². The first-order valence-corrected chi connectivity index (χ1v) is 4.95. The second kappa shape index (κ2) is 4.47. The van der Waals surface area contributed by atoms with E-state index in [1.165, 1.54) is 0 Å². The molecule has 0 atom stereocenters. The Hall–Kier alpha value is -2.01. The minimum atomic E-state index is -1.08. The van der Waals surface area contributed by atoms with Crippen LogP contribution in [0.5, 0.6) is 0 Å². The molecule has 0 fully saturated rings. The quantitative estimate of drug-likeness (QED) is 0.748. The first-order chi connectivity index (χ1) is 8.11. The van der Waals surface area contributed by atoms with E-state index in [1.807, 2.05) is 0 Å². The summed E-state index contributed by atoms with van der Waals surface area (Å²) in [6.07, 6.45) is 1.20. The van der Waals surface area contributed by atoms with Crippen LogP contribution in [-0.2, 0) is 0 Å². The fourth-order valence-electron chi connectivity index (χ4n) is 1.09. The lowest BCUT2D eigenvalue weighted by Gasteiger charge is -2.03. The number of aromatic nitrogens is 4. The fraction of sp³-hybridized carbons (Fsp3) is 0. The van der Waals surface area contributed by atoms with Crippen LogP contribution in [0.1, 0.15) is 5.56 Å². The molecule has 83 valence electrons. The van der Waals surface area contributed by atoms with Crippen LogP contribution >= 0.6 is 15.9 Å². The van der Waals surface area contributed by atoms with Gasteiger partial charge in [0, 0.05) is 6.20 Å². The molecule has 0 aliphatic rings. The molecule has 0 aliphatic heterocycles. The Labute approximate surface area is 102 Å². The number of nitriles is 1. The van der Waals surface area contributed by atoms with Gasteiger partial charge in [-0.15, -0.1) is 0 Å². The van der Waals surface area contributed by atoms with Gasteiger partial charge < -0.3 is 0 Å². The molecule has 0 aliphatic carbocycles. The highest BCUT2D eigenvalue weighted by atomic mass is 79.9. The lowest BCUT2D eigenvalue weighted by molar-refractivity contribution is 0.531. The van der Waals surface area contributed by atoms with Crippen molar-refractivity contribution in [1.82, 2.24) is 19.9 Å². The molecule has 0 saturated carbocycles. The molecule has 1 radical (unpaired) electrons. The van der Waals surface area contributed by atoms with Crippen molar-refractivity contribution in [1.29, 1.82) is 5.26 Å². The molecular formula is C9HBrF2N5. The van der Waals surface area contributed by atoms with Gasteiger partial charge in [-0.3, -0.25) is 0 Å². The van der Waals surface area contributed by atoms with Gasteiger partial charge in [0.25, 0.3) is 0 Å². The third-order valence-corrected chi connectivity index (χ3v) is 2.33. The van der Waals surface area contributed by atoms with E-state index in [9.17, 15) is 8.78 Å². The summed E-state index contributed by atoms with van der Waals surface area (Å²) in [6, 6.07) is 1.72. The minimum absolute atomic E-state index is 0.0356. The van der Waals surface area contributed by atoms with Crippen LogP contribution in [0.4, 0.5) is 8.78 Å². The lowest BCUT2D eigenvalue weighted by atomic mass is 10.2. The van der Waals surface area contributed by atoms with Gasteiger partial charge in [0.1, 0.15) is 29.2 Å². The van der Waals surface area contributed by atoms with Crippen molar-refractivity contribution < 1.29 is 8.78 Å².